The molecule has 1 rings (SSSR count). The van der Waals surface area contributed by atoms with Gasteiger partial charge in [0.25, 0.3) is 0 Å². The number of amides is 1. The SMILES string of the molecule is O=C(CCS)N(CCO)C1CCCCC1. The predicted octanol–water partition coefficient (Wildman–Crippen LogP) is 1.46. The smallest absolute Gasteiger partial charge is 0.223 e. The normalized spacial score (nSPS) is 17.7. The number of thiol groups is 1. The van der Waals surface area contributed by atoms with Crippen LogP contribution in [0.1, 0.15) is 38.5 Å². The third-order valence-corrected chi connectivity index (χ3v) is 3.23. The topological polar surface area (TPSA) is 40.5 Å². The summed E-state index contributed by atoms with van der Waals surface area (Å²) in [6, 6.07) is 0.360. The summed E-state index contributed by atoms with van der Waals surface area (Å²) in [7, 11) is 0. The molecule has 0 aromatic heterocycles. The molecular weight excluding hydrogens is 210 g/mol. The van der Waals surface area contributed by atoms with Crippen molar-refractivity contribution < 1.29 is 9.90 Å². The number of aliphatic hydroxyl groups is 1. The minimum absolute atomic E-state index is 0.0643. The van der Waals surface area contributed by atoms with Crippen LogP contribution in [-0.2, 0) is 4.79 Å². The van der Waals surface area contributed by atoms with E-state index in [-0.39, 0.29) is 12.5 Å². The van der Waals surface area contributed by atoms with Gasteiger partial charge < -0.3 is 10.0 Å². The highest BCUT2D eigenvalue weighted by molar-refractivity contribution is 7.80. The number of nitrogens with zero attached hydrogens (tertiary/aromatic N) is 1. The molecule has 0 bridgehead atoms. The zero-order valence-corrected chi connectivity index (χ0v) is 10.1. The van der Waals surface area contributed by atoms with Crippen LogP contribution >= 0.6 is 12.6 Å². The van der Waals surface area contributed by atoms with Crippen LogP contribution in [0.15, 0.2) is 0 Å². The fraction of sp³-hybridized carbons (Fsp3) is 0.909. The van der Waals surface area contributed by atoms with E-state index in [1.165, 1.54) is 19.3 Å². The summed E-state index contributed by atoms with van der Waals surface area (Å²) in [5.74, 6) is 0.735. The van der Waals surface area contributed by atoms with Crippen molar-refractivity contribution in [3.63, 3.8) is 0 Å². The van der Waals surface area contributed by atoms with Gasteiger partial charge in [-0.3, -0.25) is 4.79 Å². The Morgan fingerprint density at radius 2 is 2.00 bits per heavy atom. The molecule has 1 fully saturated rings. The Morgan fingerprint density at radius 1 is 1.33 bits per heavy atom. The molecule has 1 amide bonds. The Labute approximate surface area is 97.3 Å². The Morgan fingerprint density at radius 3 is 2.53 bits per heavy atom. The van der Waals surface area contributed by atoms with Gasteiger partial charge in [-0.2, -0.15) is 12.6 Å². The van der Waals surface area contributed by atoms with Crippen LogP contribution in [-0.4, -0.2) is 40.9 Å². The molecule has 0 aromatic rings. The molecule has 0 atom stereocenters. The van der Waals surface area contributed by atoms with E-state index in [0.29, 0.717) is 24.8 Å². The van der Waals surface area contributed by atoms with Crippen molar-refractivity contribution in [3.8, 4) is 0 Å². The monoisotopic (exact) mass is 231 g/mol. The number of rotatable bonds is 5. The van der Waals surface area contributed by atoms with Crippen molar-refractivity contribution in [3.05, 3.63) is 0 Å². The molecule has 0 radical (unpaired) electrons. The fourth-order valence-electron chi connectivity index (χ4n) is 2.25. The van der Waals surface area contributed by atoms with Gasteiger partial charge in [-0.25, -0.2) is 0 Å². The van der Waals surface area contributed by atoms with E-state index in [9.17, 15) is 4.79 Å². The van der Waals surface area contributed by atoms with Gasteiger partial charge in [0.15, 0.2) is 0 Å². The van der Waals surface area contributed by atoms with E-state index in [1.807, 2.05) is 4.90 Å². The number of aliphatic hydroxyl groups excluding tert-OH is 1. The van der Waals surface area contributed by atoms with Crippen molar-refractivity contribution in [2.75, 3.05) is 18.9 Å². The van der Waals surface area contributed by atoms with Gasteiger partial charge in [0.1, 0.15) is 0 Å². The van der Waals surface area contributed by atoms with Gasteiger partial charge in [0, 0.05) is 19.0 Å². The zero-order valence-electron chi connectivity index (χ0n) is 9.19. The highest BCUT2D eigenvalue weighted by Gasteiger charge is 2.24. The number of hydrogen-bond acceptors (Lipinski definition) is 3. The quantitative estimate of drug-likeness (QED) is 0.703. The molecule has 3 nitrogen and oxygen atoms in total. The Kier molecular flexibility index (Phi) is 6.10. The van der Waals surface area contributed by atoms with E-state index in [1.54, 1.807) is 0 Å². The summed E-state index contributed by atoms with van der Waals surface area (Å²) in [6.45, 7) is 0.548. The fourth-order valence-corrected chi connectivity index (χ4v) is 2.44. The van der Waals surface area contributed by atoms with E-state index in [4.69, 9.17) is 5.11 Å². The highest BCUT2D eigenvalue weighted by Crippen LogP contribution is 2.22. The van der Waals surface area contributed by atoms with Crippen molar-refractivity contribution in [2.24, 2.45) is 0 Å². The van der Waals surface area contributed by atoms with Gasteiger partial charge >= 0.3 is 0 Å². The summed E-state index contributed by atoms with van der Waals surface area (Å²) in [4.78, 5) is 13.7. The van der Waals surface area contributed by atoms with Crippen molar-refractivity contribution in [1.29, 1.82) is 0 Å². The largest absolute Gasteiger partial charge is 0.395 e. The molecule has 15 heavy (non-hydrogen) atoms. The van der Waals surface area contributed by atoms with Crippen molar-refractivity contribution >= 4 is 18.5 Å². The lowest BCUT2D eigenvalue weighted by Crippen LogP contribution is -2.43. The lowest BCUT2D eigenvalue weighted by Gasteiger charge is -2.34. The van der Waals surface area contributed by atoms with Gasteiger partial charge in [-0.05, 0) is 18.6 Å². The minimum atomic E-state index is 0.0643. The highest BCUT2D eigenvalue weighted by atomic mass is 32.1. The second-order valence-corrected chi connectivity index (χ2v) is 4.52. The van der Waals surface area contributed by atoms with Crippen LogP contribution in [0.4, 0.5) is 0 Å². The molecule has 1 N–H and O–H groups in total. The average Bonchev–Trinajstić information content (AvgIpc) is 2.27. The summed E-state index contributed by atoms with van der Waals surface area (Å²) in [5.41, 5.74) is 0. The molecule has 0 heterocycles. The lowest BCUT2D eigenvalue weighted by molar-refractivity contribution is -0.134. The number of carbonyl (C=O) groups excluding carboxylic acids is 1. The Hall–Kier alpha value is -0.220. The first kappa shape index (κ1) is 12.8. The number of hydrogen-bond donors (Lipinski definition) is 2. The summed E-state index contributed by atoms with van der Waals surface area (Å²) in [6.07, 6.45) is 6.38. The first-order chi connectivity index (χ1) is 7.29. The second-order valence-electron chi connectivity index (χ2n) is 4.08. The van der Waals surface area contributed by atoms with Gasteiger partial charge in [-0.1, -0.05) is 19.3 Å². The molecular formula is C11H21NO2S. The second kappa shape index (κ2) is 7.12. The molecule has 0 unspecified atom stereocenters. The first-order valence-corrected chi connectivity index (χ1v) is 6.44. The van der Waals surface area contributed by atoms with E-state index in [2.05, 4.69) is 12.6 Å². The molecule has 1 aliphatic carbocycles. The summed E-state index contributed by atoms with van der Waals surface area (Å²) < 4.78 is 0. The van der Waals surface area contributed by atoms with Crippen LogP contribution in [0.3, 0.4) is 0 Å². The maximum absolute atomic E-state index is 11.8. The molecule has 1 aliphatic rings. The van der Waals surface area contributed by atoms with Crippen LogP contribution in [0, 0.1) is 0 Å². The molecule has 0 aromatic carbocycles. The third-order valence-electron chi connectivity index (χ3n) is 3.00. The third kappa shape index (κ3) is 4.03. The van der Waals surface area contributed by atoms with Crippen molar-refractivity contribution in [1.82, 2.24) is 4.90 Å². The van der Waals surface area contributed by atoms with Gasteiger partial charge in [-0.15, -0.1) is 0 Å². The maximum atomic E-state index is 11.8. The maximum Gasteiger partial charge on any atom is 0.223 e. The van der Waals surface area contributed by atoms with Crippen LogP contribution in [0.2, 0.25) is 0 Å². The predicted molar refractivity (Wildman–Crippen MR) is 64.1 cm³/mol. The van der Waals surface area contributed by atoms with Crippen molar-refractivity contribution in [2.45, 2.75) is 44.6 Å². The molecule has 0 aliphatic heterocycles. The average molecular weight is 231 g/mol. The molecule has 1 saturated carbocycles. The van der Waals surface area contributed by atoms with Crippen LogP contribution < -0.4 is 0 Å². The molecule has 0 spiro atoms. The standard InChI is InChI=1S/C11H21NO2S/c13-8-7-12(11(14)6-9-15)10-4-2-1-3-5-10/h10,13,15H,1-9H2. The van der Waals surface area contributed by atoms with Gasteiger partial charge in [0.2, 0.25) is 5.91 Å². The Balaban J connectivity index is 2.50. The van der Waals surface area contributed by atoms with E-state index >= 15 is 0 Å². The Bertz CT molecular complexity index is 193. The van der Waals surface area contributed by atoms with Crippen LogP contribution in [0.25, 0.3) is 0 Å². The molecule has 4 heteroatoms. The lowest BCUT2D eigenvalue weighted by atomic mass is 9.94. The number of carbonyl (C=O) groups is 1. The molecule has 88 valence electrons. The summed E-state index contributed by atoms with van der Waals surface area (Å²) in [5, 5.41) is 8.97. The zero-order chi connectivity index (χ0) is 11.1. The van der Waals surface area contributed by atoms with E-state index < -0.39 is 0 Å². The minimum Gasteiger partial charge on any atom is -0.395 e. The summed E-state index contributed by atoms with van der Waals surface area (Å²) >= 11 is 4.08. The van der Waals surface area contributed by atoms with E-state index in [0.717, 1.165) is 12.8 Å². The van der Waals surface area contributed by atoms with Gasteiger partial charge in [0.05, 0.1) is 6.61 Å². The first-order valence-electron chi connectivity index (χ1n) is 5.80. The van der Waals surface area contributed by atoms with Crippen LogP contribution in [0.5, 0.6) is 0 Å². The molecule has 0 saturated heterocycles.